The molecule has 0 amide bonds. The monoisotopic (exact) mass is 174 g/mol. The number of allylic oxidation sites excluding steroid dienone is 1. The van der Waals surface area contributed by atoms with Crippen LogP contribution in [-0.2, 0) is 0 Å². The second-order valence-corrected chi connectivity index (χ2v) is 3.64. The molecule has 0 fully saturated rings. The number of rotatable bonds is 3. The van der Waals surface area contributed by atoms with E-state index >= 15 is 0 Å². The second kappa shape index (κ2) is 4.86. The maximum absolute atomic E-state index is 2.26. The highest BCUT2D eigenvalue weighted by Crippen LogP contribution is 2.16. The quantitative estimate of drug-likeness (QED) is 0.643. The fourth-order valence-corrected chi connectivity index (χ4v) is 1.28. The molecule has 0 aromatic heterocycles. The van der Waals surface area contributed by atoms with Gasteiger partial charge in [-0.25, -0.2) is 0 Å². The molecule has 0 saturated carbocycles. The molecule has 0 radical (unpaired) electrons. The van der Waals surface area contributed by atoms with E-state index in [1.165, 1.54) is 11.1 Å². The summed E-state index contributed by atoms with van der Waals surface area (Å²) in [6.45, 7) is 6.61. The zero-order valence-electron chi connectivity index (χ0n) is 8.75. The van der Waals surface area contributed by atoms with E-state index in [4.69, 9.17) is 0 Å². The van der Waals surface area contributed by atoms with Crippen molar-refractivity contribution >= 4 is 6.08 Å². The Morgan fingerprint density at radius 3 is 2.69 bits per heavy atom. The van der Waals surface area contributed by atoms with Gasteiger partial charge in [-0.05, 0) is 23.5 Å². The van der Waals surface area contributed by atoms with Gasteiger partial charge in [0, 0.05) is 0 Å². The Kier molecular flexibility index (Phi) is 3.75. The SMILES string of the molecule is CC/C=C/c1cccc(C(C)C)c1. The lowest BCUT2D eigenvalue weighted by Crippen LogP contribution is -1.86. The average molecular weight is 174 g/mol. The van der Waals surface area contributed by atoms with Gasteiger partial charge in [0.25, 0.3) is 0 Å². The molecule has 13 heavy (non-hydrogen) atoms. The smallest absolute Gasteiger partial charge is 0.0219 e. The van der Waals surface area contributed by atoms with Gasteiger partial charge in [-0.15, -0.1) is 0 Å². The predicted octanol–water partition coefficient (Wildman–Crippen LogP) is 4.23. The molecular formula is C13H18. The Hall–Kier alpha value is -1.04. The van der Waals surface area contributed by atoms with Crippen LogP contribution in [0.25, 0.3) is 6.08 Å². The van der Waals surface area contributed by atoms with Crippen molar-refractivity contribution in [3.8, 4) is 0 Å². The maximum atomic E-state index is 2.26. The molecule has 0 heterocycles. The Balaban J connectivity index is 2.85. The van der Waals surface area contributed by atoms with Crippen molar-refractivity contribution in [2.75, 3.05) is 0 Å². The Morgan fingerprint density at radius 2 is 2.08 bits per heavy atom. The minimum absolute atomic E-state index is 0.620. The van der Waals surface area contributed by atoms with Crippen molar-refractivity contribution in [2.45, 2.75) is 33.1 Å². The Bertz CT molecular complexity index is 282. The summed E-state index contributed by atoms with van der Waals surface area (Å²) >= 11 is 0. The van der Waals surface area contributed by atoms with E-state index in [0.717, 1.165) is 6.42 Å². The molecule has 0 aliphatic carbocycles. The lowest BCUT2D eigenvalue weighted by atomic mass is 10.0. The lowest BCUT2D eigenvalue weighted by molar-refractivity contribution is 0.866. The van der Waals surface area contributed by atoms with Gasteiger partial charge in [-0.2, -0.15) is 0 Å². The van der Waals surface area contributed by atoms with E-state index in [1.54, 1.807) is 0 Å². The van der Waals surface area contributed by atoms with E-state index in [1.807, 2.05) is 0 Å². The van der Waals surface area contributed by atoms with Crippen molar-refractivity contribution in [2.24, 2.45) is 0 Å². The first-order chi connectivity index (χ1) is 6.24. The third kappa shape index (κ3) is 3.06. The molecule has 1 aromatic carbocycles. The summed E-state index contributed by atoms with van der Waals surface area (Å²) in [5, 5.41) is 0. The highest BCUT2D eigenvalue weighted by molar-refractivity contribution is 5.50. The molecule has 0 heteroatoms. The fourth-order valence-electron chi connectivity index (χ4n) is 1.28. The summed E-state index contributed by atoms with van der Waals surface area (Å²) in [6.07, 6.45) is 5.48. The highest BCUT2D eigenvalue weighted by Gasteiger charge is 1.97. The third-order valence-corrected chi connectivity index (χ3v) is 2.12. The van der Waals surface area contributed by atoms with Crippen LogP contribution in [0.2, 0.25) is 0 Å². The van der Waals surface area contributed by atoms with Crippen LogP contribution in [0.5, 0.6) is 0 Å². The third-order valence-electron chi connectivity index (χ3n) is 2.12. The van der Waals surface area contributed by atoms with Crippen LogP contribution in [0.1, 0.15) is 44.2 Å². The first-order valence-corrected chi connectivity index (χ1v) is 5.00. The summed E-state index contributed by atoms with van der Waals surface area (Å²) in [5.74, 6) is 0.620. The highest BCUT2D eigenvalue weighted by atomic mass is 14.0. The number of benzene rings is 1. The molecule has 70 valence electrons. The van der Waals surface area contributed by atoms with Crippen LogP contribution < -0.4 is 0 Å². The summed E-state index contributed by atoms with van der Waals surface area (Å²) in [7, 11) is 0. The minimum Gasteiger partial charge on any atom is -0.0842 e. The fraction of sp³-hybridized carbons (Fsp3) is 0.385. The van der Waals surface area contributed by atoms with E-state index in [2.05, 4.69) is 57.2 Å². The molecule has 0 aliphatic rings. The molecule has 0 atom stereocenters. The first-order valence-electron chi connectivity index (χ1n) is 5.00. The van der Waals surface area contributed by atoms with Gasteiger partial charge < -0.3 is 0 Å². The largest absolute Gasteiger partial charge is 0.0842 e. The molecule has 0 N–H and O–H groups in total. The lowest BCUT2D eigenvalue weighted by Gasteiger charge is -2.05. The van der Waals surface area contributed by atoms with Crippen LogP contribution in [0, 0.1) is 0 Å². The Morgan fingerprint density at radius 1 is 1.31 bits per heavy atom. The average Bonchev–Trinajstić information content (AvgIpc) is 2.15. The molecule has 0 spiro atoms. The molecule has 1 rings (SSSR count). The van der Waals surface area contributed by atoms with Crippen LogP contribution in [0.4, 0.5) is 0 Å². The van der Waals surface area contributed by atoms with Crippen molar-refractivity contribution in [1.82, 2.24) is 0 Å². The molecule has 0 aliphatic heterocycles. The zero-order chi connectivity index (χ0) is 9.68. The summed E-state index contributed by atoms with van der Waals surface area (Å²) in [6, 6.07) is 8.73. The molecule has 1 aromatic rings. The standard InChI is InChI=1S/C13H18/c1-4-5-7-12-8-6-9-13(10-12)11(2)3/h5-11H,4H2,1-3H3/b7-5+. The van der Waals surface area contributed by atoms with Crippen LogP contribution in [0.15, 0.2) is 30.3 Å². The first kappa shape index (κ1) is 10.0. The second-order valence-electron chi connectivity index (χ2n) is 3.64. The van der Waals surface area contributed by atoms with Crippen LogP contribution >= 0.6 is 0 Å². The van der Waals surface area contributed by atoms with Gasteiger partial charge in [0.1, 0.15) is 0 Å². The normalized spacial score (nSPS) is 11.4. The van der Waals surface area contributed by atoms with E-state index < -0.39 is 0 Å². The van der Waals surface area contributed by atoms with Crippen LogP contribution in [-0.4, -0.2) is 0 Å². The molecule has 0 saturated heterocycles. The molecule has 0 nitrogen and oxygen atoms in total. The van der Waals surface area contributed by atoms with Gasteiger partial charge >= 0.3 is 0 Å². The molecule has 0 bridgehead atoms. The van der Waals surface area contributed by atoms with Crippen molar-refractivity contribution in [1.29, 1.82) is 0 Å². The number of hydrogen-bond donors (Lipinski definition) is 0. The van der Waals surface area contributed by atoms with Crippen molar-refractivity contribution < 1.29 is 0 Å². The van der Waals surface area contributed by atoms with Gasteiger partial charge in [-0.3, -0.25) is 0 Å². The summed E-state index contributed by atoms with van der Waals surface area (Å²) in [4.78, 5) is 0. The summed E-state index contributed by atoms with van der Waals surface area (Å²) < 4.78 is 0. The van der Waals surface area contributed by atoms with Crippen molar-refractivity contribution in [3.63, 3.8) is 0 Å². The van der Waals surface area contributed by atoms with Gasteiger partial charge in [0.05, 0.1) is 0 Å². The molecule has 0 unspecified atom stereocenters. The molecular weight excluding hydrogens is 156 g/mol. The Labute approximate surface area is 81.3 Å². The van der Waals surface area contributed by atoms with Crippen molar-refractivity contribution in [3.05, 3.63) is 41.5 Å². The number of hydrogen-bond acceptors (Lipinski definition) is 0. The van der Waals surface area contributed by atoms with E-state index in [9.17, 15) is 0 Å². The van der Waals surface area contributed by atoms with E-state index in [0.29, 0.717) is 5.92 Å². The zero-order valence-corrected chi connectivity index (χ0v) is 8.75. The van der Waals surface area contributed by atoms with Gasteiger partial charge in [0.15, 0.2) is 0 Å². The summed E-state index contributed by atoms with van der Waals surface area (Å²) in [5.41, 5.74) is 2.73. The van der Waals surface area contributed by atoms with E-state index in [-0.39, 0.29) is 0 Å². The topological polar surface area (TPSA) is 0 Å². The maximum Gasteiger partial charge on any atom is -0.0219 e. The van der Waals surface area contributed by atoms with Gasteiger partial charge in [0.2, 0.25) is 0 Å². The van der Waals surface area contributed by atoms with Gasteiger partial charge in [-0.1, -0.05) is 57.2 Å². The predicted molar refractivity (Wildman–Crippen MR) is 59.9 cm³/mol. The van der Waals surface area contributed by atoms with Crippen LogP contribution in [0.3, 0.4) is 0 Å². The minimum atomic E-state index is 0.620.